The number of rotatable bonds is 5. The quantitative estimate of drug-likeness (QED) is 0.516. The largest absolute Gasteiger partial charge is 0.303 e. The van der Waals surface area contributed by atoms with Crippen LogP contribution in [0.3, 0.4) is 0 Å². The first-order valence-corrected chi connectivity index (χ1v) is 4.20. The summed E-state index contributed by atoms with van der Waals surface area (Å²) in [5.41, 5.74) is 0. The Balaban J connectivity index is 2.24. The minimum Gasteiger partial charge on any atom is -0.303 e. The molecule has 1 aromatic rings. The van der Waals surface area contributed by atoms with Crippen molar-refractivity contribution in [3.8, 4) is 0 Å². The molecular formula is C7H10ClN3O. The Morgan fingerprint density at radius 2 is 2.42 bits per heavy atom. The van der Waals surface area contributed by atoms with Crippen molar-refractivity contribution in [1.29, 1.82) is 0 Å². The van der Waals surface area contributed by atoms with Gasteiger partial charge in [-0.1, -0.05) is 16.8 Å². The molecule has 0 N–H and O–H groups in total. The van der Waals surface area contributed by atoms with Gasteiger partial charge in [-0.2, -0.15) is 0 Å². The lowest BCUT2D eigenvalue weighted by Gasteiger charge is -1.98. The van der Waals surface area contributed by atoms with Crippen LogP contribution in [0, 0.1) is 0 Å². The molecule has 0 spiro atoms. The first kappa shape index (κ1) is 9.19. The fourth-order valence-electron chi connectivity index (χ4n) is 0.886. The van der Waals surface area contributed by atoms with Gasteiger partial charge in [-0.05, 0) is 12.8 Å². The standard InChI is InChI=1S/C7H10ClN3O/c8-7-6-9-10-11(7)4-2-1-3-5-12/h5-6H,1-4H2. The molecule has 0 radical (unpaired) electrons. The minimum absolute atomic E-state index is 0.543. The summed E-state index contributed by atoms with van der Waals surface area (Å²) in [5.74, 6) is 0. The van der Waals surface area contributed by atoms with E-state index >= 15 is 0 Å². The summed E-state index contributed by atoms with van der Waals surface area (Å²) < 4.78 is 1.62. The molecule has 0 fully saturated rings. The van der Waals surface area contributed by atoms with E-state index in [9.17, 15) is 4.79 Å². The molecule has 0 unspecified atom stereocenters. The van der Waals surface area contributed by atoms with Gasteiger partial charge in [0.15, 0.2) is 0 Å². The van der Waals surface area contributed by atoms with Gasteiger partial charge in [-0.15, -0.1) is 5.10 Å². The Hall–Kier alpha value is -0.900. The molecule has 0 aromatic carbocycles. The molecule has 0 aliphatic rings. The molecule has 0 atom stereocenters. The third-order valence-electron chi connectivity index (χ3n) is 1.51. The average molecular weight is 188 g/mol. The number of nitrogens with zero attached hydrogens (tertiary/aromatic N) is 3. The molecule has 1 aromatic heterocycles. The maximum atomic E-state index is 9.97. The van der Waals surface area contributed by atoms with Crippen molar-refractivity contribution in [2.75, 3.05) is 0 Å². The van der Waals surface area contributed by atoms with E-state index in [1.165, 1.54) is 6.20 Å². The summed E-state index contributed by atoms with van der Waals surface area (Å²) in [6.45, 7) is 0.729. The summed E-state index contributed by atoms with van der Waals surface area (Å²) in [5, 5.41) is 7.93. The molecule has 0 aliphatic carbocycles. The third-order valence-corrected chi connectivity index (χ3v) is 1.81. The fraction of sp³-hybridized carbons (Fsp3) is 0.571. The van der Waals surface area contributed by atoms with Gasteiger partial charge in [0.05, 0.1) is 6.20 Å². The van der Waals surface area contributed by atoms with Gasteiger partial charge in [-0.3, -0.25) is 0 Å². The molecule has 1 heterocycles. The monoisotopic (exact) mass is 187 g/mol. The second-order valence-corrected chi connectivity index (χ2v) is 2.83. The Morgan fingerprint density at radius 1 is 1.58 bits per heavy atom. The molecule has 0 bridgehead atoms. The zero-order chi connectivity index (χ0) is 8.81. The van der Waals surface area contributed by atoms with Crippen LogP contribution in [0.15, 0.2) is 6.20 Å². The van der Waals surface area contributed by atoms with E-state index in [1.54, 1.807) is 4.68 Å². The Morgan fingerprint density at radius 3 is 3.00 bits per heavy atom. The van der Waals surface area contributed by atoms with Gasteiger partial charge in [0.1, 0.15) is 11.4 Å². The molecule has 0 aliphatic heterocycles. The average Bonchev–Trinajstić information content (AvgIpc) is 2.46. The van der Waals surface area contributed by atoms with Crippen molar-refractivity contribution >= 4 is 17.9 Å². The molecule has 0 amide bonds. The highest BCUT2D eigenvalue weighted by Gasteiger charge is 1.98. The zero-order valence-corrected chi connectivity index (χ0v) is 7.37. The zero-order valence-electron chi connectivity index (χ0n) is 6.61. The summed E-state index contributed by atoms with van der Waals surface area (Å²) in [4.78, 5) is 9.97. The van der Waals surface area contributed by atoms with Gasteiger partial charge < -0.3 is 4.79 Å². The third kappa shape index (κ3) is 2.62. The van der Waals surface area contributed by atoms with E-state index in [2.05, 4.69) is 10.3 Å². The molecule has 12 heavy (non-hydrogen) atoms. The predicted molar refractivity (Wildman–Crippen MR) is 44.9 cm³/mol. The van der Waals surface area contributed by atoms with E-state index < -0.39 is 0 Å². The van der Waals surface area contributed by atoms with Gasteiger partial charge >= 0.3 is 0 Å². The van der Waals surface area contributed by atoms with Crippen LogP contribution in [-0.2, 0) is 11.3 Å². The number of halogens is 1. The Kier molecular flexibility index (Phi) is 3.73. The number of aldehydes is 1. The number of unbranched alkanes of at least 4 members (excludes halogenated alkanes) is 2. The SMILES string of the molecule is O=CCCCCn1nncc1Cl. The van der Waals surface area contributed by atoms with Gasteiger partial charge in [-0.25, -0.2) is 4.68 Å². The number of aryl methyl sites for hydroxylation is 1. The van der Waals surface area contributed by atoms with Crippen LogP contribution in [0.4, 0.5) is 0 Å². The number of carbonyl (C=O) groups excluding carboxylic acids is 1. The van der Waals surface area contributed by atoms with Crippen LogP contribution in [0.5, 0.6) is 0 Å². The van der Waals surface area contributed by atoms with E-state index in [0.29, 0.717) is 11.6 Å². The fourth-order valence-corrected chi connectivity index (χ4v) is 1.05. The molecule has 0 saturated carbocycles. The van der Waals surface area contributed by atoms with Crippen molar-refractivity contribution in [3.05, 3.63) is 11.3 Å². The summed E-state index contributed by atoms with van der Waals surface area (Å²) in [7, 11) is 0. The van der Waals surface area contributed by atoms with Gasteiger partial charge in [0.25, 0.3) is 0 Å². The van der Waals surface area contributed by atoms with Crippen LogP contribution >= 0.6 is 11.6 Å². The first-order valence-electron chi connectivity index (χ1n) is 3.82. The normalized spacial score (nSPS) is 10.1. The van der Waals surface area contributed by atoms with Crippen molar-refractivity contribution in [1.82, 2.24) is 15.0 Å². The van der Waals surface area contributed by atoms with Crippen molar-refractivity contribution < 1.29 is 4.79 Å². The lowest BCUT2D eigenvalue weighted by Crippen LogP contribution is -2.00. The van der Waals surface area contributed by atoms with Crippen molar-refractivity contribution in [2.45, 2.75) is 25.8 Å². The topological polar surface area (TPSA) is 47.8 Å². The van der Waals surface area contributed by atoms with E-state index in [0.717, 1.165) is 25.7 Å². The lowest BCUT2D eigenvalue weighted by molar-refractivity contribution is -0.107. The number of aromatic nitrogens is 3. The summed E-state index contributed by atoms with van der Waals surface area (Å²) >= 11 is 5.72. The highest BCUT2D eigenvalue weighted by molar-refractivity contribution is 6.29. The smallest absolute Gasteiger partial charge is 0.147 e. The first-order chi connectivity index (χ1) is 5.84. The van der Waals surface area contributed by atoms with Crippen molar-refractivity contribution in [3.63, 3.8) is 0 Å². The highest BCUT2D eigenvalue weighted by atomic mass is 35.5. The molecule has 66 valence electrons. The number of carbonyl (C=O) groups is 1. The molecule has 4 nitrogen and oxygen atoms in total. The highest BCUT2D eigenvalue weighted by Crippen LogP contribution is 2.05. The van der Waals surface area contributed by atoms with E-state index in [1.807, 2.05) is 0 Å². The van der Waals surface area contributed by atoms with Crippen LogP contribution in [-0.4, -0.2) is 21.3 Å². The summed E-state index contributed by atoms with van der Waals surface area (Å²) in [6.07, 6.45) is 4.80. The minimum atomic E-state index is 0.543. The van der Waals surface area contributed by atoms with E-state index in [4.69, 9.17) is 11.6 Å². The van der Waals surface area contributed by atoms with Crippen LogP contribution in [0.25, 0.3) is 0 Å². The van der Waals surface area contributed by atoms with Gasteiger partial charge in [0, 0.05) is 13.0 Å². The van der Waals surface area contributed by atoms with Gasteiger partial charge in [0.2, 0.25) is 0 Å². The molecular weight excluding hydrogens is 178 g/mol. The number of hydrogen-bond donors (Lipinski definition) is 0. The van der Waals surface area contributed by atoms with E-state index in [-0.39, 0.29) is 0 Å². The molecule has 0 saturated heterocycles. The Labute approximate surface area is 75.5 Å². The maximum Gasteiger partial charge on any atom is 0.147 e. The maximum absolute atomic E-state index is 9.97. The second kappa shape index (κ2) is 4.87. The van der Waals surface area contributed by atoms with Crippen LogP contribution < -0.4 is 0 Å². The van der Waals surface area contributed by atoms with Crippen molar-refractivity contribution in [2.24, 2.45) is 0 Å². The second-order valence-electron chi connectivity index (χ2n) is 2.44. The van der Waals surface area contributed by atoms with Crippen LogP contribution in [0.1, 0.15) is 19.3 Å². The summed E-state index contributed by atoms with van der Waals surface area (Å²) in [6, 6.07) is 0. The van der Waals surface area contributed by atoms with Crippen LogP contribution in [0.2, 0.25) is 5.15 Å². The lowest BCUT2D eigenvalue weighted by atomic mass is 10.2. The number of hydrogen-bond acceptors (Lipinski definition) is 3. The Bertz CT molecular complexity index is 249. The molecule has 5 heteroatoms. The predicted octanol–water partition coefficient (Wildman–Crippen LogP) is 1.30. The molecule has 1 rings (SSSR count).